The molecule has 2 heterocycles. The maximum atomic E-state index is 8.52. The highest BCUT2D eigenvalue weighted by atomic mass is 32.3. The molecule has 0 aromatic rings. The predicted octanol–water partition coefficient (Wildman–Crippen LogP) is 1.60. The topological polar surface area (TPSA) is 98.7 Å². The van der Waals surface area contributed by atoms with Crippen LogP contribution in [0.5, 0.6) is 0 Å². The standard InChI is InChI=1S/2C8H14NO.H2O4S/c2*1-3-5-9(6-7-9)10-8-4-2;1-5(2,3)4/h2*3-4,8H,1,5-7H2,2H3;(H2,1,2,3,4)/q2*+1;/p-2. The van der Waals surface area contributed by atoms with E-state index in [1.54, 1.807) is 12.5 Å². The fraction of sp³-hybridized carbons (Fsp3) is 0.500. The van der Waals surface area contributed by atoms with E-state index in [1.165, 1.54) is 0 Å². The molecule has 0 spiro atoms. The van der Waals surface area contributed by atoms with Crippen molar-refractivity contribution in [2.45, 2.75) is 13.8 Å². The van der Waals surface area contributed by atoms with Gasteiger partial charge in [-0.2, -0.15) is 0 Å². The predicted molar refractivity (Wildman–Crippen MR) is 92.4 cm³/mol. The Hall–Kier alpha value is -1.65. The van der Waals surface area contributed by atoms with Crippen molar-refractivity contribution in [3.8, 4) is 0 Å². The van der Waals surface area contributed by atoms with Crippen molar-refractivity contribution in [1.82, 2.24) is 0 Å². The molecular formula is C16H28N2O6S. The molecular weight excluding hydrogens is 348 g/mol. The summed E-state index contributed by atoms with van der Waals surface area (Å²) < 4.78 is 35.6. The maximum absolute atomic E-state index is 8.52. The van der Waals surface area contributed by atoms with E-state index in [0.717, 1.165) is 48.6 Å². The summed E-state index contributed by atoms with van der Waals surface area (Å²) in [6.07, 6.45) is 11.1. The van der Waals surface area contributed by atoms with Crippen molar-refractivity contribution in [2.75, 3.05) is 39.3 Å². The Kier molecular flexibility index (Phi) is 10.3. The third-order valence-electron chi connectivity index (χ3n) is 3.21. The van der Waals surface area contributed by atoms with Gasteiger partial charge in [-0.15, -0.1) is 9.29 Å². The van der Waals surface area contributed by atoms with Gasteiger partial charge in [0, 0.05) is 10.4 Å². The van der Waals surface area contributed by atoms with Crippen LogP contribution in [-0.4, -0.2) is 66.1 Å². The van der Waals surface area contributed by atoms with Gasteiger partial charge in [0.15, 0.2) is 26.2 Å². The molecule has 2 aliphatic heterocycles. The van der Waals surface area contributed by atoms with Crippen LogP contribution in [0.2, 0.25) is 0 Å². The molecule has 0 N–H and O–H groups in total. The van der Waals surface area contributed by atoms with Gasteiger partial charge in [-0.1, -0.05) is 13.2 Å². The van der Waals surface area contributed by atoms with Crippen LogP contribution in [0.4, 0.5) is 0 Å². The first-order valence-electron chi connectivity index (χ1n) is 7.85. The first-order valence-corrected chi connectivity index (χ1v) is 9.19. The van der Waals surface area contributed by atoms with Crippen molar-refractivity contribution >= 4 is 10.4 Å². The third kappa shape index (κ3) is 13.3. The molecule has 0 aromatic carbocycles. The minimum absolute atomic E-state index is 0.744. The molecule has 2 aliphatic rings. The zero-order valence-corrected chi connectivity index (χ0v) is 15.7. The summed E-state index contributed by atoms with van der Waals surface area (Å²) in [6.45, 7) is 17.6. The summed E-state index contributed by atoms with van der Waals surface area (Å²) in [5.74, 6) is 0. The Morgan fingerprint density at radius 3 is 1.32 bits per heavy atom. The van der Waals surface area contributed by atoms with Gasteiger partial charge in [0.25, 0.3) is 0 Å². The molecule has 9 heteroatoms. The molecule has 25 heavy (non-hydrogen) atoms. The van der Waals surface area contributed by atoms with E-state index in [9.17, 15) is 0 Å². The van der Waals surface area contributed by atoms with Crippen molar-refractivity contribution < 1.29 is 36.5 Å². The average Bonchev–Trinajstić information content (AvgIpc) is 3.42. The summed E-state index contributed by atoms with van der Waals surface area (Å²) in [6, 6.07) is 0. The lowest BCUT2D eigenvalue weighted by Gasteiger charge is -2.11. The van der Waals surface area contributed by atoms with E-state index < -0.39 is 10.4 Å². The van der Waals surface area contributed by atoms with Gasteiger partial charge in [0.1, 0.15) is 25.6 Å². The van der Waals surface area contributed by atoms with Crippen LogP contribution in [0, 0.1) is 0 Å². The van der Waals surface area contributed by atoms with Crippen LogP contribution in [0.1, 0.15) is 13.8 Å². The van der Waals surface area contributed by atoms with Gasteiger partial charge in [0.2, 0.25) is 0 Å². The average molecular weight is 376 g/mol. The van der Waals surface area contributed by atoms with E-state index in [-0.39, 0.29) is 0 Å². The number of hydrogen-bond acceptors (Lipinski definition) is 6. The van der Waals surface area contributed by atoms with E-state index in [4.69, 9.17) is 27.2 Å². The van der Waals surface area contributed by atoms with Crippen molar-refractivity contribution in [1.29, 1.82) is 0 Å². The molecule has 0 unspecified atom stereocenters. The molecule has 144 valence electrons. The number of hydrogen-bond donors (Lipinski definition) is 0. The van der Waals surface area contributed by atoms with Gasteiger partial charge >= 0.3 is 0 Å². The number of quaternary nitrogens is 2. The molecule has 0 aromatic heterocycles. The van der Waals surface area contributed by atoms with Crippen LogP contribution < -0.4 is 0 Å². The highest BCUT2D eigenvalue weighted by Gasteiger charge is 2.44. The first kappa shape index (κ1) is 23.4. The normalized spacial score (nSPS) is 19.0. The van der Waals surface area contributed by atoms with Gasteiger partial charge in [0.05, 0.1) is 0 Å². The lowest BCUT2D eigenvalue weighted by atomic mass is 10.6. The zero-order chi connectivity index (χ0) is 19.4. The number of nitrogens with zero attached hydrogens (tertiary/aromatic N) is 2. The van der Waals surface area contributed by atoms with E-state index in [1.807, 2.05) is 38.2 Å². The molecule has 0 saturated carbocycles. The third-order valence-corrected chi connectivity index (χ3v) is 3.21. The SMILES string of the molecule is C=CC[N+]1(OC=CC)CC1.C=CC[N+]1(OC=CC)CC1.O=S(=O)([O-])[O-]. The molecule has 0 amide bonds. The Bertz CT molecular complexity index is 519. The quantitative estimate of drug-likeness (QED) is 0.159. The van der Waals surface area contributed by atoms with Crippen molar-refractivity contribution in [3.63, 3.8) is 0 Å². The van der Waals surface area contributed by atoms with Crippen molar-refractivity contribution in [3.05, 3.63) is 50.0 Å². The molecule has 0 atom stereocenters. The Morgan fingerprint density at radius 2 is 1.16 bits per heavy atom. The molecule has 0 aliphatic carbocycles. The fourth-order valence-electron chi connectivity index (χ4n) is 1.74. The lowest BCUT2D eigenvalue weighted by molar-refractivity contribution is -0.987. The maximum Gasteiger partial charge on any atom is 0.171 e. The largest absolute Gasteiger partial charge is 0.759 e. The Morgan fingerprint density at radius 1 is 0.880 bits per heavy atom. The van der Waals surface area contributed by atoms with Gasteiger partial charge < -0.3 is 18.8 Å². The second kappa shape index (κ2) is 11.1. The summed E-state index contributed by atoms with van der Waals surface area (Å²) >= 11 is 0. The van der Waals surface area contributed by atoms with E-state index >= 15 is 0 Å². The fourth-order valence-corrected chi connectivity index (χ4v) is 1.74. The van der Waals surface area contributed by atoms with Gasteiger partial charge in [-0.25, -0.2) is 0 Å². The van der Waals surface area contributed by atoms with Crippen LogP contribution in [0.25, 0.3) is 0 Å². The smallest absolute Gasteiger partial charge is 0.171 e. The molecule has 8 nitrogen and oxygen atoms in total. The van der Waals surface area contributed by atoms with Crippen LogP contribution in [0.3, 0.4) is 0 Å². The van der Waals surface area contributed by atoms with Crippen LogP contribution in [-0.2, 0) is 20.1 Å². The number of rotatable bonds is 8. The molecule has 2 saturated heterocycles. The first-order chi connectivity index (χ1) is 11.7. The van der Waals surface area contributed by atoms with Crippen LogP contribution in [0.15, 0.2) is 50.0 Å². The summed E-state index contributed by atoms with van der Waals surface area (Å²) in [7, 11) is -5.17. The van der Waals surface area contributed by atoms with E-state index in [0.29, 0.717) is 0 Å². The van der Waals surface area contributed by atoms with Crippen LogP contribution >= 0.6 is 0 Å². The number of hydroxylamine groups is 6. The molecule has 2 rings (SSSR count). The zero-order valence-electron chi connectivity index (χ0n) is 14.9. The molecule has 2 fully saturated rings. The lowest BCUT2D eigenvalue weighted by Crippen LogP contribution is -2.23. The van der Waals surface area contributed by atoms with Gasteiger partial charge in [-0.3, -0.25) is 8.42 Å². The summed E-state index contributed by atoms with van der Waals surface area (Å²) in [5.41, 5.74) is 0. The highest BCUT2D eigenvalue weighted by molar-refractivity contribution is 7.79. The minimum Gasteiger partial charge on any atom is -0.759 e. The Labute approximate surface area is 150 Å². The van der Waals surface area contributed by atoms with Gasteiger partial charge in [-0.05, 0) is 38.2 Å². The molecule has 0 radical (unpaired) electrons. The second-order valence-electron chi connectivity index (χ2n) is 5.51. The monoisotopic (exact) mass is 376 g/mol. The van der Waals surface area contributed by atoms with Crippen molar-refractivity contribution in [2.24, 2.45) is 0 Å². The summed E-state index contributed by atoms with van der Waals surface area (Å²) in [5, 5.41) is 0. The Balaban J connectivity index is 0.000000368. The van der Waals surface area contributed by atoms with E-state index in [2.05, 4.69) is 13.2 Å². The highest BCUT2D eigenvalue weighted by Crippen LogP contribution is 2.22. The minimum atomic E-state index is -5.17. The second-order valence-corrected chi connectivity index (χ2v) is 6.33. The summed E-state index contributed by atoms with van der Waals surface area (Å²) in [4.78, 5) is 10.8. The number of allylic oxidation sites excluding steroid dienone is 2. The molecule has 0 bridgehead atoms.